The van der Waals surface area contributed by atoms with Crippen molar-refractivity contribution in [1.82, 2.24) is 5.32 Å². The predicted molar refractivity (Wildman–Crippen MR) is 103 cm³/mol. The van der Waals surface area contributed by atoms with Crippen LogP contribution in [0.25, 0.3) is 0 Å². The van der Waals surface area contributed by atoms with E-state index in [9.17, 15) is 9.59 Å². The molecule has 136 valence electrons. The molecule has 2 rings (SSSR count). The maximum Gasteiger partial charge on any atom is 0.342 e. The number of ether oxygens (including phenoxy) is 2. The van der Waals surface area contributed by atoms with E-state index in [2.05, 4.69) is 27.8 Å². The predicted octanol–water partition coefficient (Wildman–Crippen LogP) is 3.88. The fraction of sp³-hybridized carbons (Fsp3) is 0.200. The highest BCUT2D eigenvalue weighted by Gasteiger charge is 2.20. The van der Waals surface area contributed by atoms with Gasteiger partial charge in [0.1, 0.15) is 17.9 Å². The van der Waals surface area contributed by atoms with Gasteiger partial charge < -0.3 is 14.8 Å². The summed E-state index contributed by atoms with van der Waals surface area (Å²) < 4.78 is 12.0. The molecular weight excluding hydrogens is 398 g/mol. The van der Waals surface area contributed by atoms with Crippen molar-refractivity contribution < 1.29 is 19.1 Å². The number of halogens is 1. The van der Waals surface area contributed by atoms with Crippen LogP contribution >= 0.6 is 15.9 Å². The molecule has 0 aliphatic carbocycles. The quantitative estimate of drug-likeness (QED) is 0.522. The molecular formula is C20H20BrNO4. The molecule has 2 aromatic carbocycles. The van der Waals surface area contributed by atoms with E-state index in [1.54, 1.807) is 30.3 Å². The molecule has 0 bridgehead atoms. The van der Waals surface area contributed by atoms with Gasteiger partial charge in [-0.2, -0.15) is 0 Å². The van der Waals surface area contributed by atoms with E-state index in [0.717, 1.165) is 10.0 Å². The number of hydrogen-bond donors (Lipinski definition) is 1. The molecule has 2 aromatic rings. The van der Waals surface area contributed by atoms with Crippen LogP contribution in [0.4, 0.5) is 0 Å². The average molecular weight is 418 g/mol. The summed E-state index contributed by atoms with van der Waals surface area (Å²) in [6.07, 6.45) is 0.637. The number of nitrogens with one attached hydrogen (secondary N) is 1. The Morgan fingerprint density at radius 3 is 2.73 bits per heavy atom. The molecule has 0 saturated heterocycles. The number of carbonyl (C=O) groups excluding carboxylic acids is 2. The molecule has 1 atom stereocenters. The van der Waals surface area contributed by atoms with Crippen molar-refractivity contribution in [1.29, 1.82) is 0 Å². The standard InChI is InChI=1S/C20H20BrNO4/c1-3-11-22-19(23)14(2)26-20(24)17-9-4-5-10-18(17)25-13-15-7-6-8-16(21)12-15/h3-10,12,14H,1,11,13H2,2H3,(H,22,23)/t14-/m0/s1. The molecule has 26 heavy (non-hydrogen) atoms. The second kappa shape index (κ2) is 9.77. The Bertz CT molecular complexity index is 791. The van der Waals surface area contributed by atoms with Crippen LogP contribution in [-0.2, 0) is 16.1 Å². The summed E-state index contributed by atoms with van der Waals surface area (Å²) in [5.41, 5.74) is 1.23. The molecule has 0 radical (unpaired) electrons. The normalized spacial score (nSPS) is 11.3. The van der Waals surface area contributed by atoms with E-state index >= 15 is 0 Å². The van der Waals surface area contributed by atoms with Crippen molar-refractivity contribution in [3.63, 3.8) is 0 Å². The molecule has 0 heterocycles. The molecule has 0 spiro atoms. The van der Waals surface area contributed by atoms with Gasteiger partial charge in [0.05, 0.1) is 0 Å². The van der Waals surface area contributed by atoms with Crippen LogP contribution in [-0.4, -0.2) is 24.5 Å². The van der Waals surface area contributed by atoms with Crippen LogP contribution in [0.3, 0.4) is 0 Å². The smallest absolute Gasteiger partial charge is 0.342 e. The summed E-state index contributed by atoms with van der Waals surface area (Å²) in [6, 6.07) is 14.5. The first kappa shape index (κ1) is 19.7. The van der Waals surface area contributed by atoms with Gasteiger partial charge in [0.2, 0.25) is 0 Å². The summed E-state index contributed by atoms with van der Waals surface area (Å²) in [4.78, 5) is 24.2. The van der Waals surface area contributed by atoms with E-state index in [-0.39, 0.29) is 11.5 Å². The molecule has 5 nitrogen and oxygen atoms in total. The number of rotatable bonds is 8. The van der Waals surface area contributed by atoms with Crippen LogP contribution in [0.15, 0.2) is 65.7 Å². The van der Waals surface area contributed by atoms with Gasteiger partial charge in [-0.15, -0.1) is 6.58 Å². The molecule has 0 aliphatic rings. The third-order valence-corrected chi connectivity index (χ3v) is 3.96. The molecule has 0 saturated carbocycles. The Morgan fingerprint density at radius 2 is 2.00 bits per heavy atom. The monoisotopic (exact) mass is 417 g/mol. The Kier molecular flexibility index (Phi) is 7.41. The van der Waals surface area contributed by atoms with E-state index in [4.69, 9.17) is 9.47 Å². The summed E-state index contributed by atoms with van der Waals surface area (Å²) in [5, 5.41) is 2.59. The third-order valence-electron chi connectivity index (χ3n) is 3.46. The fourth-order valence-electron chi connectivity index (χ4n) is 2.14. The molecule has 1 amide bonds. The zero-order chi connectivity index (χ0) is 18.9. The highest BCUT2D eigenvalue weighted by molar-refractivity contribution is 9.10. The summed E-state index contributed by atoms with van der Waals surface area (Å²) >= 11 is 3.41. The van der Waals surface area contributed by atoms with Crippen molar-refractivity contribution in [2.75, 3.05) is 6.54 Å². The Hall–Kier alpha value is -2.60. The molecule has 0 fully saturated rings. The third kappa shape index (κ3) is 5.74. The minimum Gasteiger partial charge on any atom is -0.488 e. The first-order valence-electron chi connectivity index (χ1n) is 8.07. The SMILES string of the molecule is C=CCNC(=O)[C@H](C)OC(=O)c1ccccc1OCc1cccc(Br)c1. The van der Waals surface area contributed by atoms with E-state index in [1.165, 1.54) is 6.92 Å². The van der Waals surface area contributed by atoms with Gasteiger partial charge in [0.15, 0.2) is 6.10 Å². The zero-order valence-electron chi connectivity index (χ0n) is 14.4. The number of para-hydroxylation sites is 1. The first-order chi connectivity index (χ1) is 12.5. The minimum absolute atomic E-state index is 0.269. The zero-order valence-corrected chi connectivity index (χ0v) is 16.0. The van der Waals surface area contributed by atoms with E-state index in [1.807, 2.05) is 24.3 Å². The van der Waals surface area contributed by atoms with Gasteiger partial charge in [0.25, 0.3) is 5.91 Å². The molecule has 0 aliphatic heterocycles. The van der Waals surface area contributed by atoms with Crippen LogP contribution in [0, 0.1) is 0 Å². The van der Waals surface area contributed by atoms with Crippen LogP contribution in [0.2, 0.25) is 0 Å². The second-order valence-corrected chi connectivity index (χ2v) is 6.41. The van der Waals surface area contributed by atoms with Gasteiger partial charge in [0, 0.05) is 11.0 Å². The molecule has 0 aromatic heterocycles. The van der Waals surface area contributed by atoms with Gasteiger partial charge >= 0.3 is 5.97 Å². The lowest BCUT2D eigenvalue weighted by Gasteiger charge is -2.15. The lowest BCUT2D eigenvalue weighted by Crippen LogP contribution is -2.35. The fourth-order valence-corrected chi connectivity index (χ4v) is 2.59. The van der Waals surface area contributed by atoms with Gasteiger partial charge in [-0.3, -0.25) is 4.79 Å². The van der Waals surface area contributed by atoms with Crippen molar-refractivity contribution in [3.8, 4) is 5.75 Å². The molecule has 6 heteroatoms. The van der Waals surface area contributed by atoms with Gasteiger partial charge in [-0.05, 0) is 36.8 Å². The van der Waals surface area contributed by atoms with Crippen molar-refractivity contribution in [2.45, 2.75) is 19.6 Å². The minimum atomic E-state index is -0.916. The lowest BCUT2D eigenvalue weighted by molar-refractivity contribution is -0.128. The van der Waals surface area contributed by atoms with E-state index < -0.39 is 12.1 Å². The summed E-state index contributed by atoms with van der Waals surface area (Å²) in [6.45, 7) is 5.65. The summed E-state index contributed by atoms with van der Waals surface area (Å²) in [5.74, 6) is -0.599. The Morgan fingerprint density at radius 1 is 1.23 bits per heavy atom. The number of esters is 1. The van der Waals surface area contributed by atoms with E-state index in [0.29, 0.717) is 18.9 Å². The highest BCUT2D eigenvalue weighted by Crippen LogP contribution is 2.21. The maximum atomic E-state index is 12.4. The van der Waals surface area contributed by atoms with Crippen molar-refractivity contribution in [3.05, 3.63) is 76.8 Å². The first-order valence-corrected chi connectivity index (χ1v) is 8.86. The van der Waals surface area contributed by atoms with Crippen molar-refractivity contribution >= 4 is 27.8 Å². The Balaban J connectivity index is 2.04. The van der Waals surface area contributed by atoms with Crippen molar-refractivity contribution in [2.24, 2.45) is 0 Å². The second-order valence-electron chi connectivity index (χ2n) is 5.50. The maximum absolute atomic E-state index is 12.4. The van der Waals surface area contributed by atoms with Gasteiger partial charge in [-0.1, -0.05) is 46.3 Å². The van der Waals surface area contributed by atoms with Crippen LogP contribution in [0.5, 0.6) is 5.75 Å². The number of amides is 1. The number of hydrogen-bond acceptors (Lipinski definition) is 4. The van der Waals surface area contributed by atoms with Crippen LogP contribution < -0.4 is 10.1 Å². The average Bonchev–Trinajstić information content (AvgIpc) is 2.64. The topological polar surface area (TPSA) is 64.6 Å². The number of benzene rings is 2. The highest BCUT2D eigenvalue weighted by atomic mass is 79.9. The number of carbonyl (C=O) groups is 2. The Labute approximate surface area is 161 Å². The molecule has 1 N–H and O–H groups in total. The van der Waals surface area contributed by atoms with Gasteiger partial charge in [-0.25, -0.2) is 4.79 Å². The lowest BCUT2D eigenvalue weighted by atomic mass is 10.2. The molecule has 0 unspecified atom stereocenters. The summed E-state index contributed by atoms with van der Waals surface area (Å²) in [7, 11) is 0. The van der Waals surface area contributed by atoms with Crippen LogP contribution in [0.1, 0.15) is 22.8 Å². The largest absolute Gasteiger partial charge is 0.488 e.